The minimum atomic E-state index is -0.0303. The normalized spacial score (nSPS) is 15.3. The van der Waals surface area contributed by atoms with E-state index in [2.05, 4.69) is 35.0 Å². The molecule has 0 spiro atoms. The van der Waals surface area contributed by atoms with Crippen molar-refractivity contribution in [2.45, 2.75) is 32.6 Å². The van der Waals surface area contributed by atoms with Gasteiger partial charge in [0, 0.05) is 35.9 Å². The molecule has 0 radical (unpaired) electrons. The van der Waals surface area contributed by atoms with Gasteiger partial charge in [0.15, 0.2) is 0 Å². The van der Waals surface area contributed by atoms with Crippen LogP contribution in [-0.4, -0.2) is 18.1 Å². The van der Waals surface area contributed by atoms with E-state index in [-0.39, 0.29) is 5.56 Å². The number of hydrogen-bond acceptors (Lipinski definition) is 2. The summed E-state index contributed by atoms with van der Waals surface area (Å²) in [5.41, 5.74) is 4.86. The summed E-state index contributed by atoms with van der Waals surface area (Å²) in [5.74, 6) is 0. The molecule has 25 heavy (non-hydrogen) atoms. The van der Waals surface area contributed by atoms with Crippen LogP contribution in [0.5, 0.6) is 0 Å². The molecule has 3 aromatic rings. The molecule has 1 aromatic heterocycles. The monoisotopic (exact) mass is 332 g/mol. The van der Waals surface area contributed by atoms with Gasteiger partial charge in [-0.15, -0.1) is 0 Å². The molecule has 0 amide bonds. The Morgan fingerprint density at radius 1 is 0.920 bits per heavy atom. The Hall–Kier alpha value is -2.55. The van der Waals surface area contributed by atoms with Gasteiger partial charge in [-0.2, -0.15) is 0 Å². The fourth-order valence-corrected chi connectivity index (χ4v) is 3.94. The van der Waals surface area contributed by atoms with Gasteiger partial charge in [0.05, 0.1) is 0 Å². The summed E-state index contributed by atoms with van der Waals surface area (Å²) in [6.45, 7) is 4.50. The third-order valence-electron chi connectivity index (χ3n) is 5.26. The van der Waals surface area contributed by atoms with Crippen molar-refractivity contribution in [3.8, 4) is 11.1 Å². The van der Waals surface area contributed by atoms with Gasteiger partial charge < -0.3 is 9.88 Å². The molecule has 1 N–H and O–H groups in total. The Morgan fingerprint density at radius 3 is 2.36 bits per heavy atom. The molecular weight excluding hydrogens is 308 g/mol. The first-order valence-electron chi connectivity index (χ1n) is 9.20. The second-order valence-corrected chi connectivity index (χ2v) is 6.98. The lowest BCUT2D eigenvalue weighted by atomic mass is 9.98. The van der Waals surface area contributed by atoms with Gasteiger partial charge in [0.25, 0.3) is 5.56 Å². The number of anilines is 1. The summed E-state index contributed by atoms with van der Waals surface area (Å²) < 4.78 is 0. The summed E-state index contributed by atoms with van der Waals surface area (Å²) in [4.78, 5) is 17.5. The van der Waals surface area contributed by atoms with Crippen molar-refractivity contribution in [1.82, 2.24) is 4.98 Å². The van der Waals surface area contributed by atoms with Gasteiger partial charge in [-0.25, -0.2) is 0 Å². The van der Waals surface area contributed by atoms with Gasteiger partial charge in [0.2, 0.25) is 0 Å². The van der Waals surface area contributed by atoms with Crippen molar-refractivity contribution >= 4 is 16.5 Å². The van der Waals surface area contributed by atoms with E-state index in [0.29, 0.717) is 0 Å². The Labute approximate surface area is 148 Å². The van der Waals surface area contributed by atoms with Crippen molar-refractivity contribution < 1.29 is 0 Å². The Morgan fingerprint density at radius 2 is 1.64 bits per heavy atom. The Bertz CT molecular complexity index is 950. The molecule has 2 heterocycles. The third-order valence-corrected chi connectivity index (χ3v) is 5.26. The fraction of sp³-hybridized carbons (Fsp3) is 0.318. The van der Waals surface area contributed by atoms with Gasteiger partial charge >= 0.3 is 0 Å². The molecule has 1 aliphatic heterocycles. The second-order valence-electron chi connectivity index (χ2n) is 6.98. The van der Waals surface area contributed by atoms with E-state index < -0.39 is 0 Å². The number of nitrogens with one attached hydrogen (secondary N) is 1. The molecule has 0 unspecified atom stereocenters. The molecule has 1 saturated heterocycles. The quantitative estimate of drug-likeness (QED) is 0.726. The zero-order valence-corrected chi connectivity index (χ0v) is 14.7. The SMILES string of the molecule is Cc1cc(-c2c[nH]c(=O)c3ccccc23)ccc1N1CCCCCC1. The fourth-order valence-electron chi connectivity index (χ4n) is 3.94. The molecule has 3 heteroatoms. The lowest BCUT2D eigenvalue weighted by Gasteiger charge is -2.25. The molecule has 0 bridgehead atoms. The molecular formula is C22H24N2O. The Kier molecular flexibility index (Phi) is 4.31. The van der Waals surface area contributed by atoms with Crippen LogP contribution in [0.3, 0.4) is 0 Å². The highest BCUT2D eigenvalue weighted by molar-refractivity contribution is 5.95. The zero-order valence-electron chi connectivity index (χ0n) is 14.7. The van der Waals surface area contributed by atoms with Gasteiger partial charge in [-0.3, -0.25) is 4.79 Å². The van der Waals surface area contributed by atoms with Gasteiger partial charge in [-0.1, -0.05) is 37.1 Å². The summed E-state index contributed by atoms with van der Waals surface area (Å²) in [6, 6.07) is 14.5. The number of nitrogens with zero attached hydrogens (tertiary/aromatic N) is 1. The number of benzene rings is 2. The predicted molar refractivity (Wildman–Crippen MR) is 105 cm³/mol. The number of H-pyrrole nitrogens is 1. The van der Waals surface area contributed by atoms with E-state index in [0.717, 1.165) is 35.0 Å². The van der Waals surface area contributed by atoms with Crippen LogP contribution in [0.25, 0.3) is 21.9 Å². The van der Waals surface area contributed by atoms with Crippen LogP contribution in [-0.2, 0) is 0 Å². The van der Waals surface area contributed by atoms with Crippen LogP contribution in [0.15, 0.2) is 53.5 Å². The number of pyridine rings is 1. The van der Waals surface area contributed by atoms with Crippen molar-refractivity contribution in [1.29, 1.82) is 0 Å². The lowest BCUT2D eigenvalue weighted by Crippen LogP contribution is -2.24. The minimum absolute atomic E-state index is 0.0303. The van der Waals surface area contributed by atoms with Crippen LogP contribution in [0, 0.1) is 6.92 Å². The summed E-state index contributed by atoms with van der Waals surface area (Å²) in [5, 5.41) is 1.75. The maximum Gasteiger partial charge on any atom is 0.255 e. The number of aryl methyl sites for hydroxylation is 1. The van der Waals surface area contributed by atoms with Crippen LogP contribution in [0.2, 0.25) is 0 Å². The number of aromatic amines is 1. The van der Waals surface area contributed by atoms with Gasteiger partial charge in [-0.05, 0) is 54.5 Å². The molecule has 0 saturated carbocycles. The first-order valence-corrected chi connectivity index (χ1v) is 9.20. The van der Waals surface area contributed by atoms with Crippen LogP contribution in [0.4, 0.5) is 5.69 Å². The average molecular weight is 332 g/mol. The van der Waals surface area contributed by atoms with Crippen LogP contribution >= 0.6 is 0 Å². The number of rotatable bonds is 2. The van der Waals surface area contributed by atoms with Crippen LogP contribution in [0.1, 0.15) is 31.2 Å². The van der Waals surface area contributed by atoms with Crippen LogP contribution < -0.4 is 10.5 Å². The highest BCUT2D eigenvalue weighted by Gasteiger charge is 2.13. The first kappa shape index (κ1) is 15.9. The standard InChI is InChI=1S/C22H24N2O/c1-16-14-17(10-11-21(16)24-12-6-2-3-7-13-24)20-15-23-22(25)19-9-5-4-8-18(19)20/h4-5,8-11,14-15H,2-3,6-7,12-13H2,1H3,(H,23,25). The molecule has 4 rings (SSSR count). The van der Waals surface area contributed by atoms with E-state index in [1.807, 2.05) is 30.5 Å². The van der Waals surface area contributed by atoms with Crippen molar-refractivity contribution in [2.75, 3.05) is 18.0 Å². The largest absolute Gasteiger partial charge is 0.371 e. The molecule has 0 atom stereocenters. The average Bonchev–Trinajstić information content (AvgIpc) is 2.91. The summed E-state index contributed by atoms with van der Waals surface area (Å²) in [7, 11) is 0. The van der Waals surface area contributed by atoms with Gasteiger partial charge in [0.1, 0.15) is 0 Å². The maximum absolute atomic E-state index is 12.1. The Balaban J connectivity index is 1.76. The predicted octanol–water partition coefficient (Wildman–Crippen LogP) is 4.88. The lowest BCUT2D eigenvalue weighted by molar-refractivity contribution is 0.726. The highest BCUT2D eigenvalue weighted by Crippen LogP contribution is 2.31. The maximum atomic E-state index is 12.1. The van der Waals surface area contributed by atoms with Crippen molar-refractivity contribution in [2.24, 2.45) is 0 Å². The van der Waals surface area contributed by atoms with E-state index in [4.69, 9.17) is 0 Å². The number of hydrogen-bond donors (Lipinski definition) is 1. The minimum Gasteiger partial charge on any atom is -0.371 e. The first-order chi connectivity index (χ1) is 12.2. The van der Waals surface area contributed by atoms with Crippen molar-refractivity contribution in [3.05, 3.63) is 64.6 Å². The molecule has 0 aliphatic carbocycles. The molecule has 1 fully saturated rings. The molecule has 1 aliphatic rings. The summed E-state index contributed by atoms with van der Waals surface area (Å²) in [6.07, 6.45) is 7.09. The van der Waals surface area contributed by atoms with E-state index in [1.165, 1.54) is 36.9 Å². The smallest absolute Gasteiger partial charge is 0.255 e. The van der Waals surface area contributed by atoms with E-state index in [9.17, 15) is 4.79 Å². The van der Waals surface area contributed by atoms with E-state index in [1.54, 1.807) is 0 Å². The third kappa shape index (κ3) is 3.07. The topological polar surface area (TPSA) is 36.1 Å². The summed E-state index contributed by atoms with van der Waals surface area (Å²) >= 11 is 0. The number of fused-ring (bicyclic) bond motifs is 1. The molecule has 3 nitrogen and oxygen atoms in total. The highest BCUT2D eigenvalue weighted by atomic mass is 16.1. The van der Waals surface area contributed by atoms with E-state index >= 15 is 0 Å². The van der Waals surface area contributed by atoms with Crippen molar-refractivity contribution in [3.63, 3.8) is 0 Å². The number of aromatic nitrogens is 1. The second kappa shape index (κ2) is 6.75. The molecule has 128 valence electrons. The zero-order chi connectivity index (χ0) is 17.2. The molecule has 2 aromatic carbocycles.